The first-order valence-electron chi connectivity index (χ1n) is 4.51. The van der Waals surface area contributed by atoms with Gasteiger partial charge in [-0.3, -0.25) is 0 Å². The fourth-order valence-electron chi connectivity index (χ4n) is 1.19. The second-order valence-electron chi connectivity index (χ2n) is 3.27. The van der Waals surface area contributed by atoms with E-state index in [1.165, 1.54) is 20.4 Å². The maximum Gasteiger partial charge on any atom is 0.200 e. The first-order chi connectivity index (χ1) is 7.46. The van der Waals surface area contributed by atoms with Crippen molar-refractivity contribution in [1.29, 1.82) is 0 Å². The number of ether oxygens (including phenoxy) is 2. The zero-order valence-corrected chi connectivity index (χ0v) is 10.2. The van der Waals surface area contributed by atoms with Crippen molar-refractivity contribution < 1.29 is 17.9 Å². The Labute approximate surface area is 94.5 Å². The molecule has 90 valence electrons. The standard InChI is InChI=1S/C9H14N2O4S/c1-14-9(15-2)7-4-5-10-8(11-7)6-16(3,12)13/h4-5,9H,6H2,1-3H3. The molecule has 0 spiro atoms. The van der Waals surface area contributed by atoms with Crippen molar-refractivity contribution in [3.05, 3.63) is 23.8 Å². The van der Waals surface area contributed by atoms with Gasteiger partial charge in [-0.05, 0) is 6.07 Å². The summed E-state index contributed by atoms with van der Waals surface area (Å²) in [6.45, 7) is 0. The lowest BCUT2D eigenvalue weighted by molar-refractivity contribution is -0.108. The van der Waals surface area contributed by atoms with Gasteiger partial charge in [0.1, 0.15) is 11.6 Å². The van der Waals surface area contributed by atoms with Gasteiger partial charge in [-0.25, -0.2) is 18.4 Å². The summed E-state index contributed by atoms with van der Waals surface area (Å²) < 4.78 is 32.2. The number of nitrogens with zero attached hydrogens (tertiary/aromatic N) is 2. The zero-order valence-electron chi connectivity index (χ0n) is 9.37. The Morgan fingerprint density at radius 1 is 1.38 bits per heavy atom. The van der Waals surface area contributed by atoms with E-state index in [2.05, 4.69) is 9.97 Å². The van der Waals surface area contributed by atoms with Gasteiger partial charge in [0.25, 0.3) is 0 Å². The van der Waals surface area contributed by atoms with Gasteiger partial charge in [0.15, 0.2) is 9.84 Å². The molecule has 0 bridgehead atoms. The molecule has 1 aromatic rings. The minimum atomic E-state index is -3.14. The molecule has 16 heavy (non-hydrogen) atoms. The molecule has 0 saturated carbocycles. The van der Waals surface area contributed by atoms with Crippen LogP contribution in [0.3, 0.4) is 0 Å². The van der Waals surface area contributed by atoms with Gasteiger partial charge < -0.3 is 9.47 Å². The molecule has 0 radical (unpaired) electrons. The average molecular weight is 246 g/mol. The van der Waals surface area contributed by atoms with E-state index in [9.17, 15) is 8.42 Å². The second kappa shape index (κ2) is 5.33. The molecule has 1 rings (SSSR count). The molecule has 0 N–H and O–H groups in total. The van der Waals surface area contributed by atoms with Crippen molar-refractivity contribution in [3.63, 3.8) is 0 Å². The molecule has 1 aromatic heterocycles. The minimum absolute atomic E-state index is 0.193. The summed E-state index contributed by atoms with van der Waals surface area (Å²) in [5.41, 5.74) is 0.499. The molecule has 1 heterocycles. The van der Waals surface area contributed by atoms with Crippen molar-refractivity contribution in [3.8, 4) is 0 Å². The number of rotatable bonds is 5. The lowest BCUT2D eigenvalue weighted by atomic mass is 10.4. The number of hydrogen-bond acceptors (Lipinski definition) is 6. The van der Waals surface area contributed by atoms with Crippen LogP contribution in [-0.2, 0) is 25.1 Å². The number of aromatic nitrogens is 2. The normalized spacial score (nSPS) is 12.0. The first kappa shape index (κ1) is 13.0. The maximum absolute atomic E-state index is 11.1. The van der Waals surface area contributed by atoms with E-state index in [1.807, 2.05) is 0 Å². The molecule has 0 unspecified atom stereocenters. The summed E-state index contributed by atoms with van der Waals surface area (Å²) in [6.07, 6.45) is 2.00. The Morgan fingerprint density at radius 2 is 2.00 bits per heavy atom. The first-order valence-corrected chi connectivity index (χ1v) is 6.57. The number of sulfone groups is 1. The van der Waals surface area contributed by atoms with Gasteiger partial charge in [-0.1, -0.05) is 0 Å². The van der Waals surface area contributed by atoms with Crippen LogP contribution in [0.1, 0.15) is 17.8 Å². The molecule has 0 aliphatic rings. The van der Waals surface area contributed by atoms with E-state index in [1.54, 1.807) is 6.07 Å². The molecule has 0 amide bonds. The van der Waals surface area contributed by atoms with Crippen LogP contribution in [0.5, 0.6) is 0 Å². The maximum atomic E-state index is 11.1. The fourth-order valence-corrected chi connectivity index (χ4v) is 1.80. The van der Waals surface area contributed by atoms with Gasteiger partial charge in [-0.15, -0.1) is 0 Å². The summed E-state index contributed by atoms with van der Waals surface area (Å²) in [4.78, 5) is 7.93. The van der Waals surface area contributed by atoms with E-state index in [-0.39, 0.29) is 11.6 Å². The highest BCUT2D eigenvalue weighted by Gasteiger charge is 2.13. The molecule has 0 atom stereocenters. The Hall–Kier alpha value is -1.05. The Balaban J connectivity index is 2.95. The molecule has 6 nitrogen and oxygen atoms in total. The van der Waals surface area contributed by atoms with Gasteiger partial charge in [0, 0.05) is 26.7 Å². The lowest BCUT2D eigenvalue weighted by Crippen LogP contribution is -2.11. The Morgan fingerprint density at radius 3 is 2.50 bits per heavy atom. The van der Waals surface area contributed by atoms with Crippen LogP contribution in [0, 0.1) is 0 Å². The smallest absolute Gasteiger partial charge is 0.200 e. The van der Waals surface area contributed by atoms with E-state index >= 15 is 0 Å². The van der Waals surface area contributed by atoms with Gasteiger partial charge in [0.05, 0.1) is 5.69 Å². The SMILES string of the molecule is COC(OC)c1ccnc(CS(C)(=O)=O)n1. The van der Waals surface area contributed by atoms with Gasteiger partial charge >= 0.3 is 0 Å². The summed E-state index contributed by atoms with van der Waals surface area (Å²) in [7, 11) is -0.182. The van der Waals surface area contributed by atoms with Crippen LogP contribution in [0.15, 0.2) is 12.3 Å². The van der Waals surface area contributed by atoms with Crippen molar-refractivity contribution in [1.82, 2.24) is 9.97 Å². The van der Waals surface area contributed by atoms with E-state index < -0.39 is 16.1 Å². The molecule has 0 aromatic carbocycles. The second-order valence-corrected chi connectivity index (χ2v) is 5.41. The molecule has 0 aliphatic heterocycles. The largest absolute Gasteiger partial charge is 0.350 e. The van der Waals surface area contributed by atoms with Crippen molar-refractivity contribution in [2.75, 3.05) is 20.5 Å². The third-order valence-electron chi connectivity index (χ3n) is 1.79. The van der Waals surface area contributed by atoms with Crippen LogP contribution in [0.4, 0.5) is 0 Å². The summed E-state index contributed by atoms with van der Waals surface area (Å²) in [5, 5.41) is 0. The summed E-state index contributed by atoms with van der Waals surface area (Å²) in [5.74, 6) is 0.0418. The predicted molar refractivity (Wildman–Crippen MR) is 57.3 cm³/mol. The van der Waals surface area contributed by atoms with Crippen LogP contribution in [0.25, 0.3) is 0 Å². The van der Waals surface area contributed by atoms with Crippen LogP contribution in [-0.4, -0.2) is 38.9 Å². The molecule has 0 saturated heterocycles. The number of hydrogen-bond donors (Lipinski definition) is 0. The van der Waals surface area contributed by atoms with Crippen molar-refractivity contribution in [2.24, 2.45) is 0 Å². The lowest BCUT2D eigenvalue weighted by Gasteiger charge is -2.12. The van der Waals surface area contributed by atoms with E-state index in [4.69, 9.17) is 9.47 Å². The fraction of sp³-hybridized carbons (Fsp3) is 0.556. The van der Waals surface area contributed by atoms with E-state index in [0.29, 0.717) is 5.69 Å². The van der Waals surface area contributed by atoms with Gasteiger partial charge in [0.2, 0.25) is 6.29 Å². The Kier molecular flexibility index (Phi) is 4.34. The predicted octanol–water partition coefficient (Wildman–Crippen LogP) is 0.313. The summed E-state index contributed by atoms with van der Waals surface area (Å²) in [6, 6.07) is 1.61. The zero-order chi connectivity index (χ0) is 12.2. The molecular formula is C9H14N2O4S. The van der Waals surface area contributed by atoms with Crippen LogP contribution >= 0.6 is 0 Å². The number of methoxy groups -OCH3 is 2. The minimum Gasteiger partial charge on any atom is -0.350 e. The third-order valence-corrected chi connectivity index (χ3v) is 2.57. The average Bonchev–Trinajstić information content (AvgIpc) is 2.17. The van der Waals surface area contributed by atoms with Gasteiger partial charge in [-0.2, -0.15) is 0 Å². The molecule has 7 heteroatoms. The molecule has 0 fully saturated rings. The van der Waals surface area contributed by atoms with E-state index in [0.717, 1.165) is 6.26 Å². The summed E-state index contributed by atoms with van der Waals surface area (Å²) >= 11 is 0. The highest BCUT2D eigenvalue weighted by molar-refractivity contribution is 7.89. The monoisotopic (exact) mass is 246 g/mol. The third kappa shape index (κ3) is 3.84. The molecule has 0 aliphatic carbocycles. The highest BCUT2D eigenvalue weighted by atomic mass is 32.2. The topological polar surface area (TPSA) is 78.4 Å². The molecular weight excluding hydrogens is 232 g/mol. The van der Waals surface area contributed by atoms with Crippen molar-refractivity contribution >= 4 is 9.84 Å². The Bertz CT molecular complexity index is 443. The van der Waals surface area contributed by atoms with Crippen LogP contribution in [0.2, 0.25) is 0 Å². The highest BCUT2D eigenvalue weighted by Crippen LogP contribution is 2.14. The van der Waals surface area contributed by atoms with Crippen LogP contribution < -0.4 is 0 Å². The van der Waals surface area contributed by atoms with Crippen molar-refractivity contribution in [2.45, 2.75) is 12.0 Å². The quantitative estimate of drug-likeness (QED) is 0.696.